The number of aryl methyl sites for hydroxylation is 2. The van der Waals surface area contributed by atoms with Crippen molar-refractivity contribution in [1.29, 1.82) is 0 Å². The smallest absolute Gasteiger partial charge is 0.227 e. The number of methoxy groups -OCH3 is 1. The number of hydrogen-bond acceptors (Lipinski definition) is 9. The molecule has 0 bridgehead atoms. The first kappa shape index (κ1) is 39.8. The second-order valence-corrected chi connectivity index (χ2v) is 15.5. The molecule has 54 heavy (non-hydrogen) atoms. The molecule has 2 aliphatic carbocycles. The number of H-pyrrole nitrogens is 1. The Morgan fingerprint density at radius 1 is 0.926 bits per heavy atom. The summed E-state index contributed by atoms with van der Waals surface area (Å²) in [6.45, 7) is 6.60. The molecule has 2 saturated carbocycles. The largest absolute Gasteiger partial charge is 0.493 e. The molecule has 3 aliphatic rings. The number of aromatic nitrogens is 4. The summed E-state index contributed by atoms with van der Waals surface area (Å²) in [5, 5.41) is 18.9. The normalized spacial score (nSPS) is 17.2. The van der Waals surface area contributed by atoms with Crippen LogP contribution in [0.3, 0.4) is 0 Å². The van der Waals surface area contributed by atoms with E-state index in [4.69, 9.17) is 42.1 Å². The van der Waals surface area contributed by atoms with Crippen molar-refractivity contribution in [1.82, 2.24) is 30.8 Å². The number of aromatic amines is 1. The van der Waals surface area contributed by atoms with Gasteiger partial charge in [-0.15, -0.1) is 10.2 Å². The van der Waals surface area contributed by atoms with E-state index in [2.05, 4.69) is 49.0 Å². The Balaban J connectivity index is 0.000000221. The molecule has 3 aromatic carbocycles. The third-order valence-electron chi connectivity index (χ3n) is 10.0. The Kier molecular flexibility index (Phi) is 14.5. The topological polar surface area (TPSA) is 124 Å². The lowest BCUT2D eigenvalue weighted by Crippen LogP contribution is -2.43. The Hall–Kier alpha value is -3.90. The highest BCUT2D eigenvalue weighted by Crippen LogP contribution is 2.48. The quantitative estimate of drug-likeness (QED) is 0.0993. The van der Waals surface area contributed by atoms with Crippen molar-refractivity contribution in [2.45, 2.75) is 77.3 Å². The maximum atomic E-state index is 13.4. The second-order valence-electron chi connectivity index (χ2n) is 14.7. The van der Waals surface area contributed by atoms with Crippen molar-refractivity contribution >= 4 is 29.1 Å². The van der Waals surface area contributed by atoms with E-state index >= 15 is 0 Å². The molecule has 4 aromatic rings. The molecule has 1 aliphatic heterocycles. The zero-order valence-electron chi connectivity index (χ0n) is 31.3. The van der Waals surface area contributed by atoms with Gasteiger partial charge in [0.2, 0.25) is 5.91 Å². The maximum absolute atomic E-state index is 13.4. The minimum Gasteiger partial charge on any atom is -0.493 e. The molecule has 1 atom stereocenters. The van der Waals surface area contributed by atoms with Gasteiger partial charge in [-0.1, -0.05) is 52.7 Å². The first-order valence-corrected chi connectivity index (χ1v) is 19.8. The third-order valence-corrected chi connectivity index (χ3v) is 10.6. The number of halogens is 2. The number of amides is 1. The monoisotopic (exact) mass is 778 g/mol. The number of carbonyl (C=O) groups is 1. The van der Waals surface area contributed by atoms with Gasteiger partial charge in [0.1, 0.15) is 24.7 Å². The summed E-state index contributed by atoms with van der Waals surface area (Å²) in [6, 6.07) is 20.1. The number of tetrazole rings is 1. The van der Waals surface area contributed by atoms with Crippen LogP contribution in [0.25, 0.3) is 0 Å². The van der Waals surface area contributed by atoms with E-state index in [1.807, 2.05) is 49.4 Å². The Morgan fingerprint density at radius 3 is 2.35 bits per heavy atom. The number of nitrogens with one attached hydrogen (secondary N) is 2. The highest BCUT2D eigenvalue weighted by atomic mass is 35.5. The predicted octanol–water partition coefficient (Wildman–Crippen LogP) is 7.43. The van der Waals surface area contributed by atoms with Gasteiger partial charge in [-0.25, -0.2) is 0 Å². The molecule has 0 spiro atoms. The molecule has 1 aromatic heterocycles. The van der Waals surface area contributed by atoms with Crippen LogP contribution in [0.4, 0.5) is 0 Å². The van der Waals surface area contributed by atoms with E-state index in [0.29, 0.717) is 54.1 Å². The van der Waals surface area contributed by atoms with E-state index in [0.717, 1.165) is 106 Å². The van der Waals surface area contributed by atoms with E-state index in [1.54, 1.807) is 7.11 Å². The summed E-state index contributed by atoms with van der Waals surface area (Å²) >= 11 is 12.2. The maximum Gasteiger partial charge on any atom is 0.227 e. The van der Waals surface area contributed by atoms with Gasteiger partial charge in [0.25, 0.3) is 0 Å². The van der Waals surface area contributed by atoms with Crippen LogP contribution in [0.5, 0.6) is 17.2 Å². The van der Waals surface area contributed by atoms with Crippen molar-refractivity contribution in [3.05, 3.63) is 93.2 Å². The van der Waals surface area contributed by atoms with Crippen molar-refractivity contribution in [2.24, 2.45) is 11.3 Å². The van der Waals surface area contributed by atoms with Gasteiger partial charge >= 0.3 is 0 Å². The minimum atomic E-state index is 0.0973. The minimum absolute atomic E-state index is 0.0973. The van der Waals surface area contributed by atoms with Gasteiger partial charge < -0.3 is 29.2 Å². The van der Waals surface area contributed by atoms with Crippen molar-refractivity contribution in [2.75, 3.05) is 46.6 Å². The third kappa shape index (κ3) is 12.1. The molecule has 290 valence electrons. The molecule has 7 rings (SSSR count). The SMILES string of the molecule is COCCCc1cc(CN(C(=O)[C@@H]2CCCNC2)C2CC2)cc(OCC2(Cc3nn[nH]n3)CC2)c1.Cc1cc(Cl)c(OCCOc2ccccc2)c(Cl)c1. The van der Waals surface area contributed by atoms with Crippen LogP contribution in [-0.2, 0) is 28.9 Å². The van der Waals surface area contributed by atoms with Crippen LogP contribution in [0.15, 0.2) is 60.7 Å². The van der Waals surface area contributed by atoms with Crippen molar-refractivity contribution in [3.8, 4) is 17.2 Å². The summed E-state index contributed by atoms with van der Waals surface area (Å²) in [5.41, 5.74) is 3.49. The number of nitrogens with zero attached hydrogens (tertiary/aromatic N) is 4. The van der Waals surface area contributed by atoms with Gasteiger partial charge in [0.15, 0.2) is 11.6 Å². The van der Waals surface area contributed by atoms with Crippen LogP contribution in [0.2, 0.25) is 10.0 Å². The van der Waals surface area contributed by atoms with E-state index in [9.17, 15) is 4.79 Å². The molecule has 0 radical (unpaired) electrons. The molecule has 13 heteroatoms. The second kappa shape index (κ2) is 19.6. The molecule has 11 nitrogen and oxygen atoms in total. The van der Waals surface area contributed by atoms with Crippen LogP contribution in [-0.4, -0.2) is 84.1 Å². The Bertz CT molecular complexity index is 1740. The molecular weight excluding hydrogens is 727 g/mol. The molecule has 1 saturated heterocycles. The number of hydrogen-bond donors (Lipinski definition) is 2. The van der Waals surface area contributed by atoms with E-state index in [-0.39, 0.29) is 11.3 Å². The van der Waals surface area contributed by atoms with Gasteiger partial charge in [-0.05, 0) is 118 Å². The van der Waals surface area contributed by atoms with Crippen LogP contribution in [0.1, 0.15) is 67.5 Å². The highest BCUT2D eigenvalue weighted by Gasteiger charge is 2.44. The number of piperidine rings is 1. The fraction of sp³-hybridized carbons (Fsp3) is 0.512. The van der Waals surface area contributed by atoms with Gasteiger partial charge in [0.05, 0.1) is 22.6 Å². The standard InChI is InChI=1S/C26H38N6O3.C15H14Cl2O2/c1-34-11-3-4-19-12-20(17-32(22-6-7-22)25(33)21-5-2-10-27-16-21)14-23(13-19)35-18-26(8-9-26)15-24-28-30-31-29-24;1-11-9-13(16)15(14(17)10-11)19-8-7-18-12-5-3-2-4-6-12/h12-14,21-22,27H,2-11,15-18H2,1H3,(H,28,29,30,31);2-6,9-10H,7-8H2,1H3/t21-;/m1./s1. The summed E-state index contributed by atoms with van der Waals surface area (Å²) in [4.78, 5) is 15.5. The number of para-hydroxylation sites is 1. The van der Waals surface area contributed by atoms with Crippen molar-refractivity contribution < 1.29 is 23.7 Å². The first-order valence-electron chi connectivity index (χ1n) is 19.1. The number of ether oxygens (including phenoxy) is 4. The fourth-order valence-electron chi connectivity index (χ4n) is 6.76. The lowest BCUT2D eigenvalue weighted by Gasteiger charge is -2.30. The summed E-state index contributed by atoms with van der Waals surface area (Å²) in [5.74, 6) is 3.36. The van der Waals surface area contributed by atoms with E-state index < -0.39 is 0 Å². The molecule has 2 heterocycles. The molecule has 0 unspecified atom stereocenters. The Morgan fingerprint density at radius 2 is 1.69 bits per heavy atom. The number of rotatable bonds is 18. The molecule has 3 fully saturated rings. The fourth-order valence-corrected chi connectivity index (χ4v) is 7.46. The summed E-state index contributed by atoms with van der Waals surface area (Å²) < 4.78 is 22.7. The van der Waals surface area contributed by atoms with E-state index in [1.165, 1.54) is 5.56 Å². The number of benzene rings is 3. The molecule has 2 N–H and O–H groups in total. The lowest BCUT2D eigenvalue weighted by molar-refractivity contribution is -0.137. The van der Waals surface area contributed by atoms with Gasteiger partial charge in [-0.2, -0.15) is 5.21 Å². The van der Waals surface area contributed by atoms with Crippen LogP contribution >= 0.6 is 23.2 Å². The zero-order valence-corrected chi connectivity index (χ0v) is 32.8. The predicted molar refractivity (Wildman–Crippen MR) is 209 cm³/mol. The number of carbonyl (C=O) groups excluding carboxylic acids is 1. The van der Waals surface area contributed by atoms with Gasteiger partial charge in [0, 0.05) is 44.7 Å². The summed E-state index contributed by atoms with van der Waals surface area (Å²) in [6.07, 6.45) is 9.18. The first-order chi connectivity index (χ1) is 26.3. The zero-order chi connectivity index (χ0) is 37.8. The van der Waals surface area contributed by atoms with Crippen molar-refractivity contribution in [3.63, 3.8) is 0 Å². The average molecular weight is 780 g/mol. The van der Waals surface area contributed by atoms with Gasteiger partial charge in [-0.3, -0.25) is 4.79 Å². The molecular formula is C41H52Cl2N6O5. The lowest BCUT2D eigenvalue weighted by atomic mass is 9.97. The van der Waals surface area contributed by atoms with Crippen LogP contribution < -0.4 is 19.5 Å². The molecule has 1 amide bonds. The summed E-state index contributed by atoms with van der Waals surface area (Å²) in [7, 11) is 1.74. The average Bonchev–Trinajstić information content (AvgIpc) is 4.11. The Labute approximate surface area is 328 Å². The van der Waals surface area contributed by atoms with Crippen LogP contribution in [0, 0.1) is 18.3 Å². The highest BCUT2D eigenvalue weighted by molar-refractivity contribution is 6.37.